The lowest BCUT2D eigenvalue weighted by molar-refractivity contribution is -0.111. The van der Waals surface area contributed by atoms with E-state index in [0.29, 0.717) is 54.6 Å². The van der Waals surface area contributed by atoms with Crippen LogP contribution in [0.4, 0.5) is 11.6 Å². The Hall–Kier alpha value is -5.05. The number of likely N-dealkylation sites (tertiary alicyclic amines) is 1. The summed E-state index contributed by atoms with van der Waals surface area (Å²) in [5, 5.41) is 25.7. The van der Waals surface area contributed by atoms with Crippen LogP contribution in [0.2, 0.25) is 0 Å². The van der Waals surface area contributed by atoms with Crippen LogP contribution in [0.5, 0.6) is 0 Å². The lowest BCUT2D eigenvalue weighted by atomic mass is 10.1. The molecule has 0 unspecified atom stereocenters. The second-order valence-corrected chi connectivity index (χ2v) is 10.2. The van der Waals surface area contributed by atoms with E-state index in [1.165, 1.54) is 12.3 Å². The van der Waals surface area contributed by atoms with Crippen molar-refractivity contribution in [2.45, 2.75) is 12.5 Å². The Morgan fingerprint density at radius 2 is 2.05 bits per heavy atom. The number of rotatable bonds is 10. The van der Waals surface area contributed by atoms with Crippen LogP contribution in [0.15, 0.2) is 73.1 Å². The van der Waals surface area contributed by atoms with Crippen LogP contribution in [0.25, 0.3) is 22.2 Å². The van der Waals surface area contributed by atoms with E-state index >= 15 is 0 Å². The van der Waals surface area contributed by atoms with Crippen molar-refractivity contribution in [3.63, 3.8) is 0 Å². The van der Waals surface area contributed by atoms with Crippen molar-refractivity contribution in [1.82, 2.24) is 24.8 Å². The number of aromatic nitrogens is 3. The molecule has 214 valence electrons. The van der Waals surface area contributed by atoms with Gasteiger partial charge >= 0.3 is 0 Å². The van der Waals surface area contributed by atoms with Gasteiger partial charge in [0.05, 0.1) is 24.1 Å². The fraction of sp³-hybridized carbons (Fsp3) is 0.258. The highest BCUT2D eigenvalue weighted by Crippen LogP contribution is 2.30. The fourth-order valence-corrected chi connectivity index (χ4v) is 4.92. The second-order valence-electron chi connectivity index (χ2n) is 10.2. The molecule has 4 N–H and O–H groups in total. The van der Waals surface area contributed by atoms with Gasteiger partial charge in [-0.05, 0) is 43.8 Å². The van der Waals surface area contributed by atoms with E-state index in [9.17, 15) is 14.9 Å². The van der Waals surface area contributed by atoms with Crippen molar-refractivity contribution in [3.05, 3.63) is 84.2 Å². The van der Waals surface area contributed by atoms with Gasteiger partial charge in [-0.15, -0.1) is 0 Å². The molecule has 2 amide bonds. The third-order valence-corrected chi connectivity index (χ3v) is 7.13. The number of likely N-dealkylation sites (N-methyl/N-ethyl adjacent to an activating group) is 1. The van der Waals surface area contributed by atoms with Crippen molar-refractivity contribution in [2.24, 2.45) is 0 Å². The van der Waals surface area contributed by atoms with Gasteiger partial charge in [0.15, 0.2) is 0 Å². The first-order valence-corrected chi connectivity index (χ1v) is 13.7. The van der Waals surface area contributed by atoms with Crippen LogP contribution in [0.1, 0.15) is 22.3 Å². The second kappa shape index (κ2) is 13.1. The molecule has 3 heterocycles. The number of hydrogen-bond donors (Lipinski definition) is 4. The standard InChI is InChI=1S/C31H32N8O3/c1-38(15-16-40)13-4-7-28(41)35-23-10-8-21(9-11-23)30(42)39-14-12-24(20-39)36-31-34-18-22(17-32)29(37-31)26-19-33-27-6-3-2-5-25(26)27/h2-11,18-19,24,33,40H,12-16,20H2,1H3,(H,35,41)(H,34,36,37)/b7-4+/t24-/m1/s1. The van der Waals surface area contributed by atoms with Crippen molar-refractivity contribution in [1.29, 1.82) is 5.26 Å². The molecule has 5 rings (SSSR count). The van der Waals surface area contributed by atoms with Crippen LogP contribution in [0.3, 0.4) is 0 Å². The maximum atomic E-state index is 13.2. The van der Waals surface area contributed by atoms with Gasteiger partial charge in [-0.2, -0.15) is 5.26 Å². The summed E-state index contributed by atoms with van der Waals surface area (Å²) in [5.41, 5.74) is 3.85. The predicted octanol–water partition coefficient (Wildman–Crippen LogP) is 3.24. The first-order valence-electron chi connectivity index (χ1n) is 13.7. The monoisotopic (exact) mass is 564 g/mol. The largest absolute Gasteiger partial charge is 0.395 e. The quantitative estimate of drug-likeness (QED) is 0.214. The zero-order valence-corrected chi connectivity index (χ0v) is 23.2. The van der Waals surface area contributed by atoms with Gasteiger partial charge in [0.25, 0.3) is 5.91 Å². The van der Waals surface area contributed by atoms with E-state index < -0.39 is 0 Å². The highest BCUT2D eigenvalue weighted by molar-refractivity contribution is 6.00. The van der Waals surface area contributed by atoms with E-state index in [0.717, 1.165) is 22.9 Å². The Balaban J connectivity index is 1.18. The summed E-state index contributed by atoms with van der Waals surface area (Å²) in [6, 6.07) is 16.8. The number of aromatic amines is 1. The van der Waals surface area contributed by atoms with Gasteiger partial charge in [-0.25, -0.2) is 9.97 Å². The zero-order valence-electron chi connectivity index (χ0n) is 23.2. The average molecular weight is 565 g/mol. The minimum Gasteiger partial charge on any atom is -0.395 e. The first-order chi connectivity index (χ1) is 20.4. The third-order valence-electron chi connectivity index (χ3n) is 7.13. The number of hydrogen-bond acceptors (Lipinski definition) is 8. The summed E-state index contributed by atoms with van der Waals surface area (Å²) in [6.07, 6.45) is 7.28. The predicted molar refractivity (Wildman–Crippen MR) is 161 cm³/mol. The number of aliphatic hydroxyl groups excluding tert-OH is 1. The molecule has 0 saturated carbocycles. The number of para-hydroxylation sites is 1. The van der Waals surface area contributed by atoms with Crippen molar-refractivity contribution in [2.75, 3.05) is 50.5 Å². The molecule has 0 radical (unpaired) electrons. The van der Waals surface area contributed by atoms with Crippen LogP contribution in [0, 0.1) is 11.3 Å². The van der Waals surface area contributed by atoms with Gasteiger partial charge in [-0.1, -0.05) is 24.3 Å². The minimum atomic E-state index is -0.266. The molecule has 11 nitrogen and oxygen atoms in total. The van der Waals surface area contributed by atoms with Gasteiger partial charge in [-0.3, -0.25) is 9.59 Å². The van der Waals surface area contributed by atoms with Crippen LogP contribution < -0.4 is 10.6 Å². The molecule has 1 aliphatic heterocycles. The Labute approximate surface area is 243 Å². The molecular weight excluding hydrogens is 532 g/mol. The molecule has 1 fully saturated rings. The number of nitrogens with zero attached hydrogens (tertiary/aromatic N) is 5. The summed E-state index contributed by atoms with van der Waals surface area (Å²) in [4.78, 5) is 41.3. The van der Waals surface area contributed by atoms with Gasteiger partial charge in [0.2, 0.25) is 11.9 Å². The molecule has 11 heteroatoms. The molecular formula is C31H32N8O3. The van der Waals surface area contributed by atoms with Crippen molar-refractivity contribution >= 4 is 34.4 Å². The molecule has 2 aromatic heterocycles. The summed E-state index contributed by atoms with van der Waals surface area (Å²) in [7, 11) is 1.86. The topological polar surface area (TPSA) is 150 Å². The number of amides is 2. The first kappa shape index (κ1) is 28.5. The summed E-state index contributed by atoms with van der Waals surface area (Å²) in [6.45, 7) is 2.21. The van der Waals surface area contributed by atoms with E-state index in [1.807, 2.05) is 42.4 Å². The Morgan fingerprint density at radius 1 is 1.24 bits per heavy atom. The minimum absolute atomic E-state index is 0.0422. The van der Waals surface area contributed by atoms with Crippen molar-refractivity contribution < 1.29 is 14.7 Å². The van der Waals surface area contributed by atoms with Crippen molar-refractivity contribution in [3.8, 4) is 17.3 Å². The smallest absolute Gasteiger partial charge is 0.253 e. The summed E-state index contributed by atoms with van der Waals surface area (Å²) >= 11 is 0. The van der Waals surface area contributed by atoms with E-state index in [2.05, 4.69) is 31.7 Å². The van der Waals surface area contributed by atoms with Gasteiger partial charge in [0, 0.05) is 72.2 Å². The molecule has 0 bridgehead atoms. The number of carbonyl (C=O) groups excluding carboxylic acids is 2. The third kappa shape index (κ3) is 6.63. The molecule has 2 aromatic carbocycles. The maximum Gasteiger partial charge on any atom is 0.253 e. The number of nitrogens with one attached hydrogen (secondary N) is 3. The zero-order chi connectivity index (χ0) is 29.5. The number of anilines is 2. The number of H-pyrrole nitrogens is 1. The number of carbonyl (C=O) groups is 2. The SMILES string of the molecule is CN(C/C=C/C(=O)Nc1ccc(C(=O)N2CC[C@@H](Nc3ncc(C#N)c(-c4c[nH]c5ccccc45)n3)C2)cc1)CCO. The van der Waals surface area contributed by atoms with Crippen LogP contribution >= 0.6 is 0 Å². The molecule has 1 aliphatic rings. The molecule has 1 saturated heterocycles. The summed E-state index contributed by atoms with van der Waals surface area (Å²) < 4.78 is 0. The van der Waals surface area contributed by atoms with Crippen LogP contribution in [-0.2, 0) is 4.79 Å². The van der Waals surface area contributed by atoms with E-state index in [1.54, 1.807) is 35.2 Å². The highest BCUT2D eigenvalue weighted by atomic mass is 16.3. The Bertz CT molecular complexity index is 1640. The lowest BCUT2D eigenvalue weighted by Crippen LogP contribution is -2.31. The lowest BCUT2D eigenvalue weighted by Gasteiger charge is -2.18. The Kier molecular flexibility index (Phi) is 8.87. The number of benzene rings is 2. The molecule has 0 aliphatic carbocycles. The normalized spacial score (nSPS) is 14.9. The number of fused-ring (bicyclic) bond motifs is 1. The Morgan fingerprint density at radius 3 is 2.83 bits per heavy atom. The maximum absolute atomic E-state index is 13.2. The number of aliphatic hydroxyl groups is 1. The van der Waals surface area contributed by atoms with Crippen LogP contribution in [-0.4, -0.2) is 87.5 Å². The average Bonchev–Trinajstić information content (AvgIpc) is 3.65. The molecule has 4 aromatic rings. The van der Waals surface area contributed by atoms with Gasteiger partial charge < -0.3 is 30.5 Å². The highest BCUT2D eigenvalue weighted by Gasteiger charge is 2.28. The fourth-order valence-electron chi connectivity index (χ4n) is 4.92. The van der Waals surface area contributed by atoms with E-state index in [-0.39, 0.29) is 24.5 Å². The number of nitriles is 1. The van der Waals surface area contributed by atoms with E-state index in [4.69, 9.17) is 5.11 Å². The molecule has 42 heavy (non-hydrogen) atoms. The summed E-state index contributed by atoms with van der Waals surface area (Å²) in [5.74, 6) is 0.0461. The van der Waals surface area contributed by atoms with Gasteiger partial charge in [0.1, 0.15) is 6.07 Å². The molecule has 1 atom stereocenters. The molecule has 0 spiro atoms.